The summed E-state index contributed by atoms with van der Waals surface area (Å²) in [7, 11) is 0. The summed E-state index contributed by atoms with van der Waals surface area (Å²) in [5.41, 5.74) is 1.48. The highest BCUT2D eigenvalue weighted by atomic mass is 79.9. The zero-order valence-electron chi connectivity index (χ0n) is 13.3. The molecule has 0 spiro atoms. The summed E-state index contributed by atoms with van der Waals surface area (Å²) in [6.45, 7) is 4.59. The number of hydrogen-bond acceptors (Lipinski definition) is 2. The summed E-state index contributed by atoms with van der Waals surface area (Å²) in [5, 5.41) is 3.49. The van der Waals surface area contributed by atoms with E-state index in [0.29, 0.717) is 6.04 Å². The van der Waals surface area contributed by atoms with Gasteiger partial charge in [0.1, 0.15) is 0 Å². The van der Waals surface area contributed by atoms with E-state index in [-0.39, 0.29) is 24.8 Å². The van der Waals surface area contributed by atoms with Crippen molar-refractivity contribution in [3.8, 4) is 0 Å². The first-order valence-electron chi connectivity index (χ1n) is 8.15. The Labute approximate surface area is 169 Å². The van der Waals surface area contributed by atoms with Crippen molar-refractivity contribution >= 4 is 56.7 Å². The SMILES string of the molecule is Brc1cc(Br)cc([C@H](C2CCCCC2)N2CCNCC2)c1.Cl.Cl. The van der Waals surface area contributed by atoms with Crippen molar-refractivity contribution in [3.63, 3.8) is 0 Å². The van der Waals surface area contributed by atoms with Crippen LogP contribution >= 0.6 is 56.7 Å². The van der Waals surface area contributed by atoms with E-state index in [1.54, 1.807) is 0 Å². The number of rotatable bonds is 3. The predicted molar refractivity (Wildman–Crippen MR) is 110 cm³/mol. The molecule has 1 saturated carbocycles. The van der Waals surface area contributed by atoms with Gasteiger partial charge in [-0.2, -0.15) is 0 Å². The van der Waals surface area contributed by atoms with Crippen LogP contribution in [-0.2, 0) is 0 Å². The van der Waals surface area contributed by atoms with Crippen LogP contribution in [-0.4, -0.2) is 31.1 Å². The topological polar surface area (TPSA) is 15.3 Å². The van der Waals surface area contributed by atoms with Crippen LogP contribution in [0, 0.1) is 5.92 Å². The molecular formula is C17H26Br2Cl2N2. The van der Waals surface area contributed by atoms with Crippen LogP contribution in [0.2, 0.25) is 0 Å². The normalized spacial score (nSPS) is 21.1. The quantitative estimate of drug-likeness (QED) is 0.597. The first-order valence-corrected chi connectivity index (χ1v) is 9.73. The van der Waals surface area contributed by atoms with Crippen LogP contribution in [0.5, 0.6) is 0 Å². The van der Waals surface area contributed by atoms with E-state index >= 15 is 0 Å². The van der Waals surface area contributed by atoms with Crippen molar-refractivity contribution in [1.82, 2.24) is 10.2 Å². The molecule has 1 aliphatic heterocycles. The molecule has 2 aliphatic rings. The van der Waals surface area contributed by atoms with Gasteiger partial charge in [-0.1, -0.05) is 51.1 Å². The fraction of sp³-hybridized carbons (Fsp3) is 0.647. The highest BCUT2D eigenvalue weighted by Gasteiger charge is 2.31. The summed E-state index contributed by atoms with van der Waals surface area (Å²) >= 11 is 7.34. The van der Waals surface area contributed by atoms with Crippen molar-refractivity contribution in [3.05, 3.63) is 32.7 Å². The van der Waals surface area contributed by atoms with Gasteiger partial charge in [0.25, 0.3) is 0 Å². The van der Waals surface area contributed by atoms with E-state index in [1.807, 2.05) is 0 Å². The third kappa shape index (κ3) is 5.86. The summed E-state index contributed by atoms with van der Waals surface area (Å²) in [6.07, 6.45) is 7.01. The number of benzene rings is 1. The van der Waals surface area contributed by atoms with Crippen LogP contribution in [0.25, 0.3) is 0 Å². The molecular weight excluding hydrogens is 463 g/mol. The lowest BCUT2D eigenvalue weighted by atomic mass is 9.80. The zero-order valence-corrected chi connectivity index (χ0v) is 18.1. The summed E-state index contributed by atoms with van der Waals surface area (Å²) in [5.74, 6) is 0.818. The number of piperazine rings is 1. The second-order valence-corrected chi connectivity index (χ2v) is 8.16. The summed E-state index contributed by atoms with van der Waals surface area (Å²) in [6, 6.07) is 7.37. The maximum absolute atomic E-state index is 3.67. The smallest absolute Gasteiger partial charge is 0.0378 e. The second kappa shape index (κ2) is 10.6. The molecule has 0 radical (unpaired) electrons. The first kappa shape index (κ1) is 21.7. The van der Waals surface area contributed by atoms with Gasteiger partial charge in [-0.15, -0.1) is 24.8 Å². The molecule has 3 rings (SSSR count). The van der Waals surface area contributed by atoms with Crippen molar-refractivity contribution < 1.29 is 0 Å². The van der Waals surface area contributed by atoms with Crippen molar-refractivity contribution in [2.45, 2.75) is 38.1 Å². The van der Waals surface area contributed by atoms with E-state index in [1.165, 1.54) is 59.7 Å². The van der Waals surface area contributed by atoms with Crippen molar-refractivity contribution in [2.75, 3.05) is 26.2 Å². The van der Waals surface area contributed by atoms with Crippen LogP contribution in [0.3, 0.4) is 0 Å². The minimum atomic E-state index is 0. The van der Waals surface area contributed by atoms with Crippen molar-refractivity contribution in [1.29, 1.82) is 0 Å². The predicted octanol–water partition coefficient (Wildman–Crippen LogP) is 5.58. The molecule has 1 aromatic carbocycles. The lowest BCUT2D eigenvalue weighted by Crippen LogP contribution is -2.47. The van der Waals surface area contributed by atoms with Crippen LogP contribution in [0.4, 0.5) is 0 Å². The minimum Gasteiger partial charge on any atom is -0.314 e. The minimum absolute atomic E-state index is 0. The number of nitrogens with one attached hydrogen (secondary N) is 1. The summed E-state index contributed by atoms with van der Waals surface area (Å²) < 4.78 is 2.37. The van der Waals surface area contributed by atoms with Gasteiger partial charge in [0, 0.05) is 41.2 Å². The molecule has 1 N–H and O–H groups in total. The van der Waals surface area contributed by atoms with Crippen molar-refractivity contribution in [2.24, 2.45) is 5.92 Å². The van der Waals surface area contributed by atoms with E-state index in [9.17, 15) is 0 Å². The highest BCUT2D eigenvalue weighted by Crippen LogP contribution is 2.40. The number of halogens is 4. The molecule has 1 heterocycles. The molecule has 0 bridgehead atoms. The Balaban J connectivity index is 0.00000132. The van der Waals surface area contributed by atoms with Gasteiger partial charge in [0.05, 0.1) is 0 Å². The molecule has 2 nitrogen and oxygen atoms in total. The standard InChI is InChI=1S/C17H24Br2N2.2ClH/c18-15-10-14(11-16(19)12-15)17(13-4-2-1-3-5-13)21-8-6-20-7-9-21;;/h10-13,17,20H,1-9H2;2*1H/t17-;;/m0../s1. The van der Waals surface area contributed by atoms with Gasteiger partial charge in [-0.05, 0) is 42.5 Å². The molecule has 0 unspecified atom stereocenters. The Morgan fingerprint density at radius 3 is 2.04 bits per heavy atom. The van der Waals surface area contributed by atoms with Gasteiger partial charge < -0.3 is 5.32 Å². The molecule has 1 aliphatic carbocycles. The fourth-order valence-electron chi connectivity index (χ4n) is 3.94. The Morgan fingerprint density at radius 2 is 1.48 bits per heavy atom. The van der Waals surface area contributed by atoms with E-state index in [0.717, 1.165) is 19.0 Å². The molecule has 23 heavy (non-hydrogen) atoms. The van der Waals surface area contributed by atoms with Crippen LogP contribution in [0.1, 0.15) is 43.7 Å². The maximum Gasteiger partial charge on any atom is 0.0378 e. The largest absolute Gasteiger partial charge is 0.314 e. The van der Waals surface area contributed by atoms with E-state index < -0.39 is 0 Å². The molecule has 1 saturated heterocycles. The summed E-state index contributed by atoms with van der Waals surface area (Å²) in [4.78, 5) is 2.71. The van der Waals surface area contributed by atoms with E-state index in [4.69, 9.17) is 0 Å². The van der Waals surface area contributed by atoms with Gasteiger partial charge in [0.15, 0.2) is 0 Å². The highest BCUT2D eigenvalue weighted by molar-refractivity contribution is 9.11. The molecule has 1 aromatic rings. The Hall–Kier alpha value is 0.680. The Kier molecular flexibility index (Phi) is 10.0. The lowest BCUT2D eigenvalue weighted by Gasteiger charge is -2.41. The molecule has 0 amide bonds. The average Bonchev–Trinajstić information content (AvgIpc) is 2.49. The van der Waals surface area contributed by atoms with E-state index in [2.05, 4.69) is 60.3 Å². The maximum atomic E-state index is 3.67. The van der Waals surface area contributed by atoms with Gasteiger partial charge >= 0.3 is 0 Å². The molecule has 132 valence electrons. The Bertz CT molecular complexity index is 437. The second-order valence-electron chi connectivity index (χ2n) is 6.33. The Morgan fingerprint density at radius 1 is 0.913 bits per heavy atom. The van der Waals surface area contributed by atoms with Gasteiger partial charge in [-0.25, -0.2) is 0 Å². The average molecular weight is 489 g/mol. The number of nitrogens with zero attached hydrogens (tertiary/aromatic N) is 1. The third-order valence-electron chi connectivity index (χ3n) is 4.87. The van der Waals surface area contributed by atoms with Gasteiger partial charge in [-0.3, -0.25) is 4.90 Å². The fourth-order valence-corrected chi connectivity index (χ4v) is 5.27. The zero-order chi connectivity index (χ0) is 14.7. The van der Waals surface area contributed by atoms with Gasteiger partial charge in [0.2, 0.25) is 0 Å². The monoisotopic (exact) mass is 486 g/mol. The molecule has 6 heteroatoms. The molecule has 2 fully saturated rings. The van der Waals surface area contributed by atoms with Crippen LogP contribution < -0.4 is 5.32 Å². The first-order chi connectivity index (χ1) is 10.2. The third-order valence-corrected chi connectivity index (χ3v) is 5.78. The number of hydrogen-bond donors (Lipinski definition) is 1. The lowest BCUT2D eigenvalue weighted by molar-refractivity contribution is 0.103. The van der Waals surface area contributed by atoms with Crippen LogP contribution in [0.15, 0.2) is 27.1 Å². The molecule has 1 atom stereocenters. The molecule has 0 aromatic heterocycles.